The van der Waals surface area contributed by atoms with E-state index in [4.69, 9.17) is 22.0 Å². The second-order valence-electron chi connectivity index (χ2n) is 7.17. The Hall–Kier alpha value is -3.70. The van der Waals surface area contributed by atoms with Crippen molar-refractivity contribution in [3.63, 3.8) is 0 Å². The first-order chi connectivity index (χ1) is 16.1. The largest absolute Gasteiger partial charge is 0.378 e. The Kier molecular flexibility index (Phi) is 5.80. The fraction of sp³-hybridized carbons (Fsp3) is 0.143. The normalized spacial score (nSPS) is 13.9. The lowest BCUT2D eigenvalue weighted by atomic mass is 10.1. The Morgan fingerprint density at radius 1 is 1.18 bits per heavy atom. The van der Waals surface area contributed by atoms with Gasteiger partial charge in [0.2, 0.25) is 11.6 Å². The van der Waals surface area contributed by atoms with Crippen molar-refractivity contribution >= 4 is 40.8 Å². The number of carbonyl (C=O) groups excluding carboxylic acids is 1. The number of hydrogen-bond donors (Lipinski definition) is 2. The van der Waals surface area contributed by atoms with Gasteiger partial charge in [-0.3, -0.25) is 4.79 Å². The van der Waals surface area contributed by atoms with Crippen molar-refractivity contribution in [1.82, 2.24) is 30.7 Å². The van der Waals surface area contributed by atoms with Crippen LogP contribution in [0.3, 0.4) is 0 Å². The highest BCUT2D eigenvalue weighted by molar-refractivity contribution is 7.98. The Morgan fingerprint density at radius 2 is 2.00 bits per heavy atom. The van der Waals surface area contributed by atoms with Crippen LogP contribution in [0.5, 0.6) is 0 Å². The molecule has 10 nitrogen and oxygen atoms in total. The van der Waals surface area contributed by atoms with Crippen LogP contribution in [-0.2, 0) is 12.2 Å². The second kappa shape index (κ2) is 9.04. The van der Waals surface area contributed by atoms with Crippen LogP contribution >= 0.6 is 23.4 Å². The summed E-state index contributed by atoms with van der Waals surface area (Å²) in [5, 5.41) is 20.5. The molecule has 4 aromatic rings. The number of hydrazone groups is 1. The predicted octanol–water partition coefficient (Wildman–Crippen LogP) is 3.26. The molecule has 0 aliphatic heterocycles. The van der Waals surface area contributed by atoms with E-state index in [9.17, 15) is 4.79 Å². The number of anilines is 1. The number of aromatic nitrogens is 5. The molecule has 5 rings (SSSR count). The Labute approximate surface area is 197 Å². The Balaban J connectivity index is 1.42. The maximum atomic E-state index is 13.0. The topological polar surface area (TPSA) is 137 Å². The molecule has 33 heavy (non-hydrogen) atoms. The number of halogens is 1. The van der Waals surface area contributed by atoms with Gasteiger partial charge < -0.3 is 5.73 Å². The molecular weight excluding hydrogens is 464 g/mol. The number of nitrogens with one attached hydrogen (secondary N) is 1. The summed E-state index contributed by atoms with van der Waals surface area (Å²) < 4.78 is 6.04. The number of carbonyl (C=O) groups is 1. The van der Waals surface area contributed by atoms with Crippen molar-refractivity contribution in [2.75, 3.05) is 5.73 Å². The van der Waals surface area contributed by atoms with Gasteiger partial charge in [-0.05, 0) is 53.0 Å². The molecule has 0 atom stereocenters. The van der Waals surface area contributed by atoms with Crippen LogP contribution in [0.15, 0.2) is 63.2 Å². The molecule has 0 spiro atoms. The number of thioether (sulfide) groups is 1. The summed E-state index contributed by atoms with van der Waals surface area (Å²) in [5.41, 5.74) is 12.1. The molecular formula is C21H17ClN8O2S. The zero-order chi connectivity index (χ0) is 22.8. The van der Waals surface area contributed by atoms with Crippen LogP contribution in [0.2, 0.25) is 5.02 Å². The quantitative estimate of drug-likeness (QED) is 0.317. The molecule has 2 aromatic carbocycles. The molecule has 166 valence electrons. The fourth-order valence-corrected chi connectivity index (χ4v) is 4.51. The number of benzene rings is 2. The van der Waals surface area contributed by atoms with Crippen molar-refractivity contribution in [2.24, 2.45) is 5.10 Å². The van der Waals surface area contributed by atoms with E-state index in [0.717, 1.165) is 29.0 Å². The first-order valence-electron chi connectivity index (χ1n) is 9.96. The molecule has 0 saturated heterocycles. The highest BCUT2D eigenvalue weighted by Crippen LogP contribution is 2.27. The van der Waals surface area contributed by atoms with Crippen molar-refractivity contribution in [3.05, 3.63) is 76.1 Å². The minimum absolute atomic E-state index is 0.0346. The van der Waals surface area contributed by atoms with Crippen molar-refractivity contribution in [2.45, 2.75) is 23.5 Å². The lowest BCUT2D eigenvalue weighted by Gasteiger charge is -2.06. The zero-order valence-electron chi connectivity index (χ0n) is 17.1. The molecule has 2 aromatic heterocycles. The molecule has 12 heteroatoms. The monoisotopic (exact) mass is 480 g/mol. The van der Waals surface area contributed by atoms with Crippen molar-refractivity contribution in [1.29, 1.82) is 0 Å². The summed E-state index contributed by atoms with van der Waals surface area (Å²) in [6.45, 7) is 0. The van der Waals surface area contributed by atoms with Crippen LogP contribution < -0.4 is 11.2 Å². The number of fused-ring (bicyclic) bond motifs is 1. The van der Waals surface area contributed by atoms with Crippen LogP contribution in [0, 0.1) is 0 Å². The highest BCUT2D eigenvalue weighted by Gasteiger charge is 2.25. The number of nitrogens with zero attached hydrogens (tertiary/aromatic N) is 6. The van der Waals surface area contributed by atoms with Gasteiger partial charge in [0.1, 0.15) is 0 Å². The molecule has 1 aliphatic carbocycles. The standard InChI is InChI=1S/C21H17ClN8O2S/c22-13-6-8-14(9-7-13)33-11-17-18(25-29-30(17)20-19(23)27-32-28-20)21(31)26-24-16-10-5-12-3-1-2-4-15(12)16/h1-4,6-9H,5,10-11H2,(H2,23,27)(H,26,31). The SMILES string of the molecule is Nc1nonc1-n1nnc(C(=O)NN=C2CCc3ccccc32)c1CSc1ccc(Cl)cc1. The van der Waals surface area contributed by atoms with E-state index < -0.39 is 5.91 Å². The lowest BCUT2D eigenvalue weighted by Crippen LogP contribution is -2.21. The highest BCUT2D eigenvalue weighted by atomic mass is 35.5. The van der Waals surface area contributed by atoms with Crippen LogP contribution in [-0.4, -0.2) is 36.9 Å². The maximum Gasteiger partial charge on any atom is 0.293 e. The maximum absolute atomic E-state index is 13.0. The second-order valence-corrected chi connectivity index (χ2v) is 8.65. The van der Waals surface area contributed by atoms with Crippen molar-refractivity contribution < 1.29 is 9.42 Å². The molecule has 1 aliphatic rings. The van der Waals surface area contributed by atoms with E-state index in [2.05, 4.69) is 37.2 Å². The van der Waals surface area contributed by atoms with Gasteiger partial charge in [0.15, 0.2) is 5.69 Å². The van der Waals surface area contributed by atoms with E-state index in [0.29, 0.717) is 16.5 Å². The molecule has 0 unspecified atom stereocenters. The lowest BCUT2D eigenvalue weighted by molar-refractivity contribution is 0.0949. The first-order valence-corrected chi connectivity index (χ1v) is 11.3. The smallest absolute Gasteiger partial charge is 0.293 e. The van der Waals surface area contributed by atoms with E-state index in [-0.39, 0.29) is 17.3 Å². The number of hydrogen-bond acceptors (Lipinski definition) is 9. The summed E-state index contributed by atoms with van der Waals surface area (Å²) in [6.07, 6.45) is 1.65. The third-order valence-corrected chi connectivity index (χ3v) is 6.39. The Bertz CT molecular complexity index is 1350. The molecule has 2 heterocycles. The van der Waals surface area contributed by atoms with Gasteiger partial charge in [-0.15, -0.1) is 16.9 Å². The van der Waals surface area contributed by atoms with Gasteiger partial charge in [-0.2, -0.15) is 9.78 Å². The molecule has 0 saturated carbocycles. The third kappa shape index (κ3) is 4.32. The van der Waals surface area contributed by atoms with Gasteiger partial charge in [0.25, 0.3) is 5.91 Å². The first kappa shape index (κ1) is 21.2. The summed E-state index contributed by atoms with van der Waals surface area (Å²) >= 11 is 7.45. The van der Waals surface area contributed by atoms with E-state index >= 15 is 0 Å². The minimum atomic E-state index is -0.486. The average Bonchev–Trinajstić information content (AvgIpc) is 3.55. The van der Waals surface area contributed by atoms with E-state index in [1.165, 1.54) is 22.0 Å². The van der Waals surface area contributed by atoms with Gasteiger partial charge >= 0.3 is 0 Å². The van der Waals surface area contributed by atoms with Gasteiger partial charge in [0, 0.05) is 21.2 Å². The van der Waals surface area contributed by atoms with Gasteiger partial charge in [0.05, 0.1) is 11.4 Å². The summed E-state index contributed by atoms with van der Waals surface area (Å²) in [7, 11) is 0. The van der Waals surface area contributed by atoms with Crippen LogP contribution in [0.25, 0.3) is 5.82 Å². The van der Waals surface area contributed by atoms with E-state index in [1.54, 1.807) is 12.1 Å². The number of rotatable bonds is 6. The van der Waals surface area contributed by atoms with Crippen molar-refractivity contribution in [3.8, 4) is 5.82 Å². The molecule has 3 N–H and O–H groups in total. The van der Waals surface area contributed by atoms with E-state index in [1.807, 2.05) is 30.3 Å². The summed E-state index contributed by atoms with van der Waals surface area (Å²) in [4.78, 5) is 14.0. The molecule has 1 amide bonds. The van der Waals surface area contributed by atoms with Gasteiger partial charge in [-0.25, -0.2) is 10.1 Å². The third-order valence-electron chi connectivity index (χ3n) is 5.12. The van der Waals surface area contributed by atoms with Crippen LogP contribution in [0.4, 0.5) is 5.82 Å². The Morgan fingerprint density at radius 3 is 2.79 bits per heavy atom. The number of nitrogens with two attached hydrogens (primary N) is 1. The summed E-state index contributed by atoms with van der Waals surface area (Å²) in [6, 6.07) is 15.4. The van der Waals surface area contributed by atoms with Crippen LogP contribution in [0.1, 0.15) is 33.7 Å². The zero-order valence-corrected chi connectivity index (χ0v) is 18.7. The average molecular weight is 481 g/mol. The summed E-state index contributed by atoms with van der Waals surface area (Å²) in [5.74, 6) is 0.0554. The number of amides is 1. The predicted molar refractivity (Wildman–Crippen MR) is 123 cm³/mol. The number of aryl methyl sites for hydroxylation is 1. The molecule has 0 fully saturated rings. The van der Waals surface area contributed by atoms with Gasteiger partial charge in [-0.1, -0.05) is 41.1 Å². The minimum Gasteiger partial charge on any atom is -0.378 e. The molecule has 0 radical (unpaired) electrons. The fourth-order valence-electron chi connectivity index (χ4n) is 3.49. The molecule has 0 bridgehead atoms. The number of nitrogen functional groups attached to an aromatic ring is 1.